The fourth-order valence-electron chi connectivity index (χ4n) is 2.43. The maximum Gasteiger partial charge on any atom is 0.310 e. The molecule has 0 atom stereocenters. The molecule has 154 valence electrons. The van der Waals surface area contributed by atoms with Crippen LogP contribution >= 0.6 is 0 Å². The van der Waals surface area contributed by atoms with Crippen molar-refractivity contribution in [2.45, 2.75) is 6.42 Å². The Labute approximate surface area is 166 Å². The predicted octanol–water partition coefficient (Wildman–Crippen LogP) is 2.35. The van der Waals surface area contributed by atoms with Gasteiger partial charge >= 0.3 is 5.97 Å². The Hall–Kier alpha value is -3.82. The zero-order valence-electron chi connectivity index (χ0n) is 16.1. The van der Waals surface area contributed by atoms with Crippen molar-refractivity contribution in [1.82, 2.24) is 0 Å². The highest BCUT2D eigenvalue weighted by Gasteiger charge is 2.16. The number of esters is 1. The molecule has 0 aromatic heterocycles. The second-order valence-corrected chi connectivity index (χ2v) is 5.71. The number of hydrogen-bond donors (Lipinski definition) is 1. The summed E-state index contributed by atoms with van der Waals surface area (Å²) in [5.41, 5.74) is 0.617. The van der Waals surface area contributed by atoms with Crippen molar-refractivity contribution in [2.24, 2.45) is 0 Å². The number of rotatable bonds is 9. The highest BCUT2D eigenvalue weighted by molar-refractivity contribution is 5.94. The van der Waals surface area contributed by atoms with Gasteiger partial charge < -0.3 is 24.3 Å². The highest BCUT2D eigenvalue weighted by atomic mass is 16.6. The average molecular weight is 404 g/mol. The molecule has 10 heteroatoms. The lowest BCUT2D eigenvalue weighted by Crippen LogP contribution is -2.22. The van der Waals surface area contributed by atoms with Crippen LogP contribution in [0.15, 0.2) is 36.4 Å². The minimum Gasteiger partial charge on any atom is -0.497 e. The molecule has 10 nitrogen and oxygen atoms in total. The van der Waals surface area contributed by atoms with Gasteiger partial charge in [-0.15, -0.1) is 0 Å². The molecule has 2 aromatic rings. The molecule has 0 aliphatic carbocycles. The topological polar surface area (TPSA) is 126 Å². The largest absolute Gasteiger partial charge is 0.497 e. The summed E-state index contributed by atoms with van der Waals surface area (Å²) in [6.45, 7) is -0.530. The predicted molar refractivity (Wildman–Crippen MR) is 102 cm³/mol. The van der Waals surface area contributed by atoms with Crippen molar-refractivity contribution < 1.29 is 33.5 Å². The smallest absolute Gasteiger partial charge is 0.310 e. The summed E-state index contributed by atoms with van der Waals surface area (Å²) < 4.78 is 20.3. The third kappa shape index (κ3) is 5.83. The summed E-state index contributed by atoms with van der Waals surface area (Å²) in [5, 5.41) is 13.3. The molecule has 2 rings (SSSR count). The number of amides is 1. The maximum atomic E-state index is 12.0. The van der Waals surface area contributed by atoms with Crippen molar-refractivity contribution in [2.75, 3.05) is 33.3 Å². The Morgan fingerprint density at radius 2 is 1.72 bits per heavy atom. The Kier molecular flexibility index (Phi) is 7.35. The number of benzene rings is 2. The van der Waals surface area contributed by atoms with E-state index in [1.807, 2.05) is 0 Å². The number of anilines is 1. The first-order valence-electron chi connectivity index (χ1n) is 8.36. The summed E-state index contributed by atoms with van der Waals surface area (Å²) >= 11 is 0. The van der Waals surface area contributed by atoms with Crippen molar-refractivity contribution in [3.63, 3.8) is 0 Å². The summed E-state index contributed by atoms with van der Waals surface area (Å²) in [4.78, 5) is 34.3. The first-order chi connectivity index (χ1) is 13.9. The summed E-state index contributed by atoms with van der Waals surface area (Å²) in [5.74, 6) is -0.0925. The van der Waals surface area contributed by atoms with Gasteiger partial charge in [0.25, 0.3) is 11.6 Å². The van der Waals surface area contributed by atoms with Gasteiger partial charge in [-0.3, -0.25) is 19.7 Å². The lowest BCUT2D eigenvalue weighted by Gasteiger charge is -2.11. The number of nitrogens with zero attached hydrogens (tertiary/aromatic N) is 1. The lowest BCUT2D eigenvalue weighted by atomic mass is 10.1. The lowest BCUT2D eigenvalue weighted by molar-refractivity contribution is -0.384. The van der Waals surface area contributed by atoms with Crippen LogP contribution < -0.4 is 19.5 Å². The number of non-ortho nitro benzene ring substituents is 1. The number of methoxy groups -OCH3 is 3. The van der Waals surface area contributed by atoms with Crippen LogP contribution in [0.1, 0.15) is 5.56 Å². The molecule has 0 radical (unpaired) electrons. The van der Waals surface area contributed by atoms with Gasteiger partial charge in [-0.05, 0) is 12.1 Å². The van der Waals surface area contributed by atoms with E-state index in [9.17, 15) is 19.7 Å². The molecule has 0 spiro atoms. The minimum atomic E-state index is -0.626. The van der Waals surface area contributed by atoms with Gasteiger partial charge in [0, 0.05) is 17.7 Å². The fraction of sp³-hybridized carbons (Fsp3) is 0.263. The number of carbonyl (C=O) groups excluding carboxylic acids is 2. The molecule has 1 amide bonds. The number of ether oxygens (including phenoxy) is 4. The molecule has 29 heavy (non-hydrogen) atoms. The molecule has 0 heterocycles. The summed E-state index contributed by atoms with van der Waals surface area (Å²) in [6, 6.07) is 8.71. The average Bonchev–Trinajstić information content (AvgIpc) is 2.72. The van der Waals surface area contributed by atoms with Crippen LogP contribution in [0, 0.1) is 10.1 Å². The van der Waals surface area contributed by atoms with Crippen LogP contribution in [0.3, 0.4) is 0 Å². The number of carbonyl (C=O) groups is 2. The second-order valence-electron chi connectivity index (χ2n) is 5.71. The SMILES string of the molecule is COc1ccc(CC(=O)OCC(=O)Nc2ccc([N+](=O)[O-])cc2OC)c(OC)c1. The Balaban J connectivity index is 1.94. The van der Waals surface area contributed by atoms with Crippen molar-refractivity contribution >= 4 is 23.3 Å². The van der Waals surface area contributed by atoms with E-state index in [1.54, 1.807) is 18.2 Å². The van der Waals surface area contributed by atoms with Gasteiger partial charge in [0.1, 0.15) is 17.2 Å². The van der Waals surface area contributed by atoms with Crippen LogP contribution in [-0.2, 0) is 20.7 Å². The van der Waals surface area contributed by atoms with Gasteiger partial charge in [-0.1, -0.05) is 6.07 Å². The molecule has 0 unspecified atom stereocenters. The molecular weight excluding hydrogens is 384 g/mol. The molecule has 0 aliphatic rings. The summed E-state index contributed by atoms with van der Waals surface area (Å²) in [7, 11) is 4.30. The van der Waals surface area contributed by atoms with E-state index in [0.717, 1.165) is 0 Å². The van der Waals surface area contributed by atoms with E-state index in [2.05, 4.69) is 5.32 Å². The number of nitro groups is 1. The fourth-order valence-corrected chi connectivity index (χ4v) is 2.43. The molecular formula is C19H20N2O8. The van der Waals surface area contributed by atoms with Crippen molar-refractivity contribution in [3.8, 4) is 17.2 Å². The van der Waals surface area contributed by atoms with Crippen LogP contribution in [0.5, 0.6) is 17.2 Å². The first-order valence-corrected chi connectivity index (χ1v) is 8.36. The van der Waals surface area contributed by atoms with E-state index in [4.69, 9.17) is 18.9 Å². The molecule has 2 aromatic carbocycles. The van der Waals surface area contributed by atoms with Gasteiger partial charge in [0.05, 0.1) is 44.4 Å². The molecule has 1 N–H and O–H groups in total. The second kappa shape index (κ2) is 9.93. The van der Waals surface area contributed by atoms with Gasteiger partial charge in [-0.2, -0.15) is 0 Å². The molecule has 0 saturated heterocycles. The number of hydrogen-bond acceptors (Lipinski definition) is 8. The molecule has 0 bridgehead atoms. The van der Waals surface area contributed by atoms with Gasteiger partial charge in [0.2, 0.25) is 0 Å². The Morgan fingerprint density at radius 3 is 2.34 bits per heavy atom. The van der Waals surface area contributed by atoms with E-state index >= 15 is 0 Å². The zero-order chi connectivity index (χ0) is 21.4. The third-order valence-electron chi connectivity index (χ3n) is 3.86. The maximum absolute atomic E-state index is 12.0. The van der Waals surface area contributed by atoms with E-state index in [0.29, 0.717) is 17.1 Å². The summed E-state index contributed by atoms with van der Waals surface area (Å²) in [6.07, 6.45) is -0.0959. The standard InChI is InChI=1S/C19H20N2O8/c1-26-14-6-4-12(16(10-14)27-2)8-19(23)29-11-18(22)20-15-7-5-13(21(24)25)9-17(15)28-3/h4-7,9-10H,8,11H2,1-3H3,(H,20,22). The zero-order valence-corrected chi connectivity index (χ0v) is 16.1. The van der Waals surface area contributed by atoms with E-state index < -0.39 is 23.4 Å². The normalized spacial score (nSPS) is 10.0. The number of nitro benzene ring substituents is 1. The minimum absolute atomic E-state index is 0.0959. The van der Waals surface area contributed by atoms with Crippen LogP contribution in [0.2, 0.25) is 0 Å². The monoisotopic (exact) mass is 404 g/mol. The Bertz CT molecular complexity index is 913. The van der Waals surface area contributed by atoms with Crippen molar-refractivity contribution in [1.29, 1.82) is 0 Å². The third-order valence-corrected chi connectivity index (χ3v) is 3.86. The van der Waals surface area contributed by atoms with Crippen LogP contribution in [0.4, 0.5) is 11.4 Å². The highest BCUT2D eigenvalue weighted by Crippen LogP contribution is 2.29. The molecule has 0 aliphatic heterocycles. The Morgan fingerprint density at radius 1 is 1.00 bits per heavy atom. The molecule has 0 fully saturated rings. The quantitative estimate of drug-likeness (QED) is 0.383. The van der Waals surface area contributed by atoms with Crippen LogP contribution in [-0.4, -0.2) is 44.7 Å². The first kappa shape index (κ1) is 21.5. The number of nitrogens with one attached hydrogen (secondary N) is 1. The van der Waals surface area contributed by atoms with Gasteiger partial charge in [0.15, 0.2) is 6.61 Å². The van der Waals surface area contributed by atoms with Crippen molar-refractivity contribution in [3.05, 3.63) is 52.1 Å². The molecule has 0 saturated carbocycles. The van der Waals surface area contributed by atoms with E-state index in [-0.39, 0.29) is 23.5 Å². The van der Waals surface area contributed by atoms with E-state index in [1.165, 1.54) is 39.5 Å². The van der Waals surface area contributed by atoms with Crippen LogP contribution in [0.25, 0.3) is 0 Å². The van der Waals surface area contributed by atoms with Gasteiger partial charge in [-0.25, -0.2) is 0 Å².